The van der Waals surface area contributed by atoms with Crippen molar-refractivity contribution >= 4 is 11.8 Å². The highest BCUT2D eigenvalue weighted by molar-refractivity contribution is 5.94. The van der Waals surface area contributed by atoms with Gasteiger partial charge in [-0.15, -0.1) is 0 Å². The SMILES string of the molecule is CCCC(Oc1ccc(C(C)=O)c(F)c1)C(=O)O. The summed E-state index contributed by atoms with van der Waals surface area (Å²) in [5.74, 6) is -2.07. The molecule has 0 aromatic heterocycles. The van der Waals surface area contributed by atoms with Crippen molar-refractivity contribution in [3.8, 4) is 5.75 Å². The van der Waals surface area contributed by atoms with Crippen molar-refractivity contribution < 1.29 is 23.8 Å². The molecule has 18 heavy (non-hydrogen) atoms. The highest BCUT2D eigenvalue weighted by Gasteiger charge is 2.19. The van der Waals surface area contributed by atoms with Crippen LogP contribution in [-0.2, 0) is 4.79 Å². The first-order valence-electron chi connectivity index (χ1n) is 5.65. The van der Waals surface area contributed by atoms with Crippen LogP contribution in [0.2, 0.25) is 0 Å². The first-order chi connectivity index (χ1) is 8.45. The zero-order chi connectivity index (χ0) is 13.7. The standard InChI is InChI=1S/C13H15FO4/c1-3-4-12(13(16)17)18-9-5-6-10(8(2)15)11(14)7-9/h5-7,12H,3-4H2,1-2H3,(H,16,17). The number of carbonyl (C=O) groups is 2. The maximum absolute atomic E-state index is 13.5. The third kappa shape index (κ3) is 3.55. The van der Waals surface area contributed by atoms with Crippen LogP contribution in [-0.4, -0.2) is 23.0 Å². The number of Topliss-reactive ketones (excluding diaryl/α,β-unsaturated/α-hetero) is 1. The van der Waals surface area contributed by atoms with Gasteiger partial charge in [-0.25, -0.2) is 9.18 Å². The van der Waals surface area contributed by atoms with Crippen molar-refractivity contribution in [1.29, 1.82) is 0 Å². The van der Waals surface area contributed by atoms with Crippen LogP contribution in [0.3, 0.4) is 0 Å². The van der Waals surface area contributed by atoms with E-state index in [2.05, 4.69) is 0 Å². The van der Waals surface area contributed by atoms with E-state index in [1.54, 1.807) is 0 Å². The quantitative estimate of drug-likeness (QED) is 0.793. The Morgan fingerprint density at radius 2 is 2.11 bits per heavy atom. The van der Waals surface area contributed by atoms with Gasteiger partial charge < -0.3 is 9.84 Å². The summed E-state index contributed by atoms with van der Waals surface area (Å²) in [6, 6.07) is 3.71. The highest BCUT2D eigenvalue weighted by Crippen LogP contribution is 2.19. The maximum Gasteiger partial charge on any atom is 0.344 e. The fourth-order valence-corrected chi connectivity index (χ4v) is 1.51. The number of rotatable bonds is 6. The van der Waals surface area contributed by atoms with E-state index in [0.717, 1.165) is 6.07 Å². The Kier molecular flexibility index (Phi) is 4.83. The summed E-state index contributed by atoms with van der Waals surface area (Å²) in [5, 5.41) is 8.90. The second kappa shape index (κ2) is 6.14. The molecule has 5 heteroatoms. The van der Waals surface area contributed by atoms with Gasteiger partial charge in [0.05, 0.1) is 5.56 Å². The van der Waals surface area contributed by atoms with Gasteiger partial charge in [-0.2, -0.15) is 0 Å². The Morgan fingerprint density at radius 3 is 2.56 bits per heavy atom. The van der Waals surface area contributed by atoms with Crippen LogP contribution >= 0.6 is 0 Å². The Morgan fingerprint density at radius 1 is 1.44 bits per heavy atom. The van der Waals surface area contributed by atoms with Gasteiger partial charge in [0.2, 0.25) is 0 Å². The van der Waals surface area contributed by atoms with Gasteiger partial charge in [-0.3, -0.25) is 4.79 Å². The maximum atomic E-state index is 13.5. The van der Waals surface area contributed by atoms with Gasteiger partial charge in [0.1, 0.15) is 11.6 Å². The molecule has 0 saturated heterocycles. The second-order valence-electron chi connectivity index (χ2n) is 3.93. The van der Waals surface area contributed by atoms with Gasteiger partial charge in [-0.05, 0) is 25.5 Å². The number of carboxylic acids is 1. The molecule has 0 heterocycles. The number of hydrogen-bond acceptors (Lipinski definition) is 3. The van der Waals surface area contributed by atoms with Crippen molar-refractivity contribution in [1.82, 2.24) is 0 Å². The van der Waals surface area contributed by atoms with Gasteiger partial charge in [0.15, 0.2) is 11.9 Å². The average Bonchev–Trinajstić information content (AvgIpc) is 2.27. The summed E-state index contributed by atoms with van der Waals surface area (Å²) in [5.41, 5.74) is -0.0373. The molecule has 1 atom stereocenters. The molecule has 0 fully saturated rings. The minimum Gasteiger partial charge on any atom is -0.479 e. The molecule has 0 amide bonds. The summed E-state index contributed by atoms with van der Waals surface area (Å²) in [6.07, 6.45) is -0.0197. The van der Waals surface area contributed by atoms with Crippen molar-refractivity contribution in [3.05, 3.63) is 29.6 Å². The van der Waals surface area contributed by atoms with Crippen LogP contribution in [0, 0.1) is 5.82 Å². The topological polar surface area (TPSA) is 63.6 Å². The van der Waals surface area contributed by atoms with Crippen LogP contribution in [0.4, 0.5) is 4.39 Å². The second-order valence-corrected chi connectivity index (χ2v) is 3.93. The number of ether oxygens (including phenoxy) is 1. The van der Waals surface area contributed by atoms with E-state index in [1.807, 2.05) is 6.92 Å². The molecule has 0 aliphatic rings. The number of carbonyl (C=O) groups excluding carboxylic acids is 1. The Hall–Kier alpha value is -1.91. The summed E-state index contributed by atoms with van der Waals surface area (Å²) in [4.78, 5) is 21.9. The lowest BCUT2D eigenvalue weighted by atomic mass is 10.1. The van der Waals surface area contributed by atoms with E-state index in [-0.39, 0.29) is 17.1 Å². The summed E-state index contributed by atoms with van der Waals surface area (Å²) < 4.78 is 18.7. The van der Waals surface area contributed by atoms with Gasteiger partial charge in [0, 0.05) is 6.07 Å². The molecule has 0 spiro atoms. The first-order valence-corrected chi connectivity index (χ1v) is 5.65. The zero-order valence-corrected chi connectivity index (χ0v) is 10.3. The van der Waals surface area contributed by atoms with Crippen LogP contribution in [0.15, 0.2) is 18.2 Å². The van der Waals surface area contributed by atoms with Crippen molar-refractivity contribution in [2.45, 2.75) is 32.8 Å². The van der Waals surface area contributed by atoms with Gasteiger partial charge in [-0.1, -0.05) is 13.3 Å². The first kappa shape index (κ1) is 14.2. The van der Waals surface area contributed by atoms with Crippen LogP contribution < -0.4 is 4.74 Å². The predicted octanol–water partition coefficient (Wildman–Crippen LogP) is 2.66. The normalized spacial score (nSPS) is 11.9. The zero-order valence-electron chi connectivity index (χ0n) is 10.3. The van der Waals surface area contributed by atoms with Gasteiger partial charge >= 0.3 is 5.97 Å². The Bertz CT molecular complexity index is 456. The third-order valence-corrected chi connectivity index (χ3v) is 2.42. The van der Waals surface area contributed by atoms with Crippen LogP contribution in [0.1, 0.15) is 37.0 Å². The molecule has 1 aromatic carbocycles. The molecule has 0 radical (unpaired) electrons. The van der Waals surface area contributed by atoms with Crippen LogP contribution in [0.5, 0.6) is 5.75 Å². The van der Waals surface area contributed by atoms with Crippen molar-refractivity contribution in [3.63, 3.8) is 0 Å². The number of aliphatic carboxylic acids is 1. The minimum absolute atomic E-state index is 0.0373. The minimum atomic E-state index is -1.09. The Balaban J connectivity index is 2.88. The molecule has 0 saturated carbocycles. The molecular weight excluding hydrogens is 239 g/mol. The van der Waals surface area contributed by atoms with E-state index in [4.69, 9.17) is 9.84 Å². The van der Waals surface area contributed by atoms with E-state index in [1.165, 1.54) is 19.1 Å². The average molecular weight is 254 g/mol. The number of carboxylic acid groups (broad SMARTS) is 1. The lowest BCUT2D eigenvalue weighted by Crippen LogP contribution is -2.26. The lowest BCUT2D eigenvalue weighted by molar-refractivity contribution is -0.145. The Labute approximate surface area is 104 Å². The fraction of sp³-hybridized carbons (Fsp3) is 0.385. The monoisotopic (exact) mass is 254 g/mol. The van der Waals surface area contributed by atoms with Crippen LogP contribution in [0.25, 0.3) is 0 Å². The van der Waals surface area contributed by atoms with Crippen molar-refractivity contribution in [2.75, 3.05) is 0 Å². The molecule has 1 aromatic rings. The van der Waals surface area contributed by atoms with E-state index in [0.29, 0.717) is 12.8 Å². The molecule has 1 rings (SSSR count). The molecule has 0 bridgehead atoms. The fourth-order valence-electron chi connectivity index (χ4n) is 1.51. The molecule has 4 nitrogen and oxygen atoms in total. The molecule has 0 aliphatic heterocycles. The highest BCUT2D eigenvalue weighted by atomic mass is 19.1. The van der Waals surface area contributed by atoms with Crippen molar-refractivity contribution in [2.24, 2.45) is 0 Å². The van der Waals surface area contributed by atoms with E-state index in [9.17, 15) is 14.0 Å². The number of benzene rings is 1. The molecule has 0 aliphatic carbocycles. The summed E-state index contributed by atoms with van der Waals surface area (Å²) in [7, 11) is 0. The largest absolute Gasteiger partial charge is 0.479 e. The van der Waals surface area contributed by atoms with E-state index < -0.39 is 17.9 Å². The predicted molar refractivity (Wildman–Crippen MR) is 63.4 cm³/mol. The van der Waals surface area contributed by atoms with E-state index >= 15 is 0 Å². The lowest BCUT2D eigenvalue weighted by Gasteiger charge is -2.14. The number of halogens is 1. The van der Waals surface area contributed by atoms with Gasteiger partial charge in [0.25, 0.3) is 0 Å². The molecule has 1 N–H and O–H groups in total. The molecular formula is C13H15FO4. The molecule has 98 valence electrons. The summed E-state index contributed by atoms with van der Waals surface area (Å²) >= 11 is 0. The smallest absolute Gasteiger partial charge is 0.344 e. The number of hydrogen-bond donors (Lipinski definition) is 1. The third-order valence-electron chi connectivity index (χ3n) is 2.42. The molecule has 1 unspecified atom stereocenters. The number of ketones is 1. The summed E-state index contributed by atoms with van der Waals surface area (Å²) in [6.45, 7) is 3.09.